The molecule has 5 nitrogen and oxygen atoms in total. The molecule has 8 heteroatoms. The van der Waals surface area contributed by atoms with Crippen molar-refractivity contribution in [3.05, 3.63) is 34.1 Å². The Morgan fingerprint density at radius 3 is 2.62 bits per heavy atom. The third kappa shape index (κ3) is 4.02. The Bertz CT molecular complexity index is 651. The van der Waals surface area contributed by atoms with Crippen molar-refractivity contribution in [1.82, 2.24) is 9.21 Å². The second-order valence-corrected chi connectivity index (χ2v) is 7.77. The molecule has 1 aromatic carbocycles. The highest BCUT2D eigenvalue weighted by Gasteiger charge is 2.25. The van der Waals surface area contributed by atoms with Crippen LogP contribution in [0, 0.1) is 5.82 Å². The molecular formula is C13H16BrFN2O3S. The third-order valence-corrected chi connectivity index (χ3v) is 5.36. The minimum absolute atomic E-state index is 0.253. The Kier molecular flexibility index (Phi) is 5.00. The Balaban J connectivity index is 2.15. The minimum atomic E-state index is -3.25. The molecule has 0 saturated carbocycles. The molecule has 1 amide bonds. The van der Waals surface area contributed by atoms with Crippen LogP contribution in [0.2, 0.25) is 0 Å². The Labute approximate surface area is 131 Å². The van der Waals surface area contributed by atoms with Gasteiger partial charge in [0.25, 0.3) is 5.91 Å². The van der Waals surface area contributed by atoms with E-state index < -0.39 is 15.8 Å². The van der Waals surface area contributed by atoms with Crippen molar-refractivity contribution in [2.75, 3.05) is 32.4 Å². The van der Waals surface area contributed by atoms with Crippen LogP contribution in [0.4, 0.5) is 4.39 Å². The van der Waals surface area contributed by atoms with E-state index in [9.17, 15) is 17.6 Å². The minimum Gasteiger partial charge on any atom is -0.337 e. The zero-order valence-electron chi connectivity index (χ0n) is 11.6. The largest absolute Gasteiger partial charge is 0.337 e. The van der Waals surface area contributed by atoms with Crippen LogP contribution in [0.15, 0.2) is 22.7 Å². The van der Waals surface area contributed by atoms with Crippen LogP contribution < -0.4 is 0 Å². The molecule has 0 unspecified atom stereocenters. The average molecular weight is 379 g/mol. The highest BCUT2D eigenvalue weighted by molar-refractivity contribution is 9.10. The third-order valence-electron chi connectivity index (χ3n) is 3.37. The van der Waals surface area contributed by atoms with Gasteiger partial charge in [0.05, 0.1) is 11.8 Å². The maximum absolute atomic E-state index is 13.3. The standard InChI is InChI=1S/C13H16BrFN2O3S/c1-21(19,20)17-6-2-5-16(7-8-17)13(18)11-9-10(15)3-4-12(11)14/h3-4,9H,2,5-8H2,1H3. The number of benzene rings is 1. The monoisotopic (exact) mass is 378 g/mol. The Morgan fingerprint density at radius 1 is 1.24 bits per heavy atom. The zero-order valence-corrected chi connectivity index (χ0v) is 14.0. The molecule has 1 fully saturated rings. The molecule has 0 atom stereocenters. The van der Waals surface area contributed by atoms with E-state index in [4.69, 9.17) is 0 Å². The predicted molar refractivity (Wildman–Crippen MR) is 81.0 cm³/mol. The summed E-state index contributed by atoms with van der Waals surface area (Å²) in [6, 6.07) is 3.95. The Hall–Kier alpha value is -0.990. The van der Waals surface area contributed by atoms with Crippen LogP contribution in [0.25, 0.3) is 0 Å². The fourth-order valence-corrected chi connectivity index (χ4v) is 3.55. The van der Waals surface area contributed by atoms with E-state index in [2.05, 4.69) is 15.9 Å². The van der Waals surface area contributed by atoms with Crippen molar-refractivity contribution >= 4 is 31.9 Å². The van der Waals surface area contributed by atoms with Crippen LogP contribution >= 0.6 is 15.9 Å². The summed E-state index contributed by atoms with van der Waals surface area (Å²) < 4.78 is 38.3. The lowest BCUT2D eigenvalue weighted by Crippen LogP contribution is -2.37. The molecule has 0 bridgehead atoms. The van der Waals surface area contributed by atoms with Gasteiger partial charge in [0.2, 0.25) is 10.0 Å². The van der Waals surface area contributed by atoms with Crippen LogP contribution in [0.5, 0.6) is 0 Å². The number of carbonyl (C=O) groups excluding carboxylic acids is 1. The normalized spacial score (nSPS) is 17.6. The molecule has 0 aliphatic carbocycles. The first-order valence-electron chi connectivity index (χ1n) is 6.48. The molecule has 116 valence electrons. The van der Waals surface area contributed by atoms with Gasteiger partial charge in [0.15, 0.2) is 0 Å². The second-order valence-electron chi connectivity index (χ2n) is 4.93. The molecule has 21 heavy (non-hydrogen) atoms. The lowest BCUT2D eigenvalue weighted by molar-refractivity contribution is 0.0763. The topological polar surface area (TPSA) is 57.7 Å². The van der Waals surface area contributed by atoms with Gasteiger partial charge in [-0.05, 0) is 40.5 Å². The molecular weight excluding hydrogens is 363 g/mol. The maximum Gasteiger partial charge on any atom is 0.255 e. The summed E-state index contributed by atoms with van der Waals surface area (Å²) >= 11 is 3.24. The highest BCUT2D eigenvalue weighted by Crippen LogP contribution is 2.20. The molecule has 0 radical (unpaired) electrons. The first-order valence-corrected chi connectivity index (χ1v) is 9.12. The molecule has 0 aromatic heterocycles. The number of hydrogen-bond acceptors (Lipinski definition) is 3. The molecule has 0 spiro atoms. The van der Waals surface area contributed by atoms with Gasteiger partial charge in [-0.1, -0.05) is 0 Å². The van der Waals surface area contributed by atoms with Crippen molar-refractivity contribution in [2.45, 2.75) is 6.42 Å². The molecule has 1 aromatic rings. The van der Waals surface area contributed by atoms with Gasteiger partial charge in [-0.2, -0.15) is 0 Å². The number of carbonyl (C=O) groups is 1. The van der Waals surface area contributed by atoms with Crippen molar-refractivity contribution in [1.29, 1.82) is 0 Å². The number of amides is 1. The summed E-state index contributed by atoms with van der Waals surface area (Å²) in [5.74, 6) is -0.772. The van der Waals surface area contributed by atoms with Crippen LogP contribution in [0.3, 0.4) is 0 Å². The first kappa shape index (κ1) is 16.4. The van der Waals surface area contributed by atoms with Crippen LogP contribution in [0.1, 0.15) is 16.8 Å². The van der Waals surface area contributed by atoms with Gasteiger partial charge in [0, 0.05) is 30.7 Å². The second kappa shape index (κ2) is 6.41. The van der Waals surface area contributed by atoms with E-state index in [1.807, 2.05) is 0 Å². The zero-order chi connectivity index (χ0) is 15.6. The summed E-state index contributed by atoms with van der Waals surface area (Å²) in [4.78, 5) is 14.0. The summed E-state index contributed by atoms with van der Waals surface area (Å²) in [5, 5.41) is 0. The van der Waals surface area contributed by atoms with Gasteiger partial charge in [-0.25, -0.2) is 17.1 Å². The number of sulfonamides is 1. The number of nitrogens with zero attached hydrogens (tertiary/aromatic N) is 2. The van der Waals surface area contributed by atoms with Gasteiger partial charge in [-0.3, -0.25) is 4.79 Å². The van der Waals surface area contributed by atoms with Crippen LogP contribution in [-0.2, 0) is 10.0 Å². The summed E-state index contributed by atoms with van der Waals surface area (Å²) in [6.45, 7) is 1.41. The highest BCUT2D eigenvalue weighted by atomic mass is 79.9. The van der Waals surface area contributed by atoms with Crippen LogP contribution in [-0.4, -0.2) is 56.0 Å². The molecule has 1 heterocycles. The Morgan fingerprint density at radius 2 is 1.95 bits per heavy atom. The van der Waals surface area contributed by atoms with Crippen molar-refractivity contribution in [2.24, 2.45) is 0 Å². The van der Waals surface area contributed by atoms with E-state index in [1.54, 1.807) is 4.90 Å². The molecule has 1 aliphatic rings. The first-order chi connectivity index (χ1) is 9.79. The van der Waals surface area contributed by atoms with E-state index in [-0.39, 0.29) is 18.0 Å². The van der Waals surface area contributed by atoms with Gasteiger partial charge in [0.1, 0.15) is 5.82 Å². The van der Waals surface area contributed by atoms with E-state index in [0.717, 1.165) is 6.26 Å². The number of halogens is 2. The molecule has 1 aliphatic heterocycles. The van der Waals surface area contributed by atoms with Gasteiger partial charge < -0.3 is 4.90 Å². The van der Waals surface area contributed by atoms with Gasteiger partial charge in [-0.15, -0.1) is 0 Å². The van der Waals surface area contributed by atoms with Crippen molar-refractivity contribution < 1.29 is 17.6 Å². The lowest BCUT2D eigenvalue weighted by atomic mass is 10.2. The quantitative estimate of drug-likeness (QED) is 0.786. The number of rotatable bonds is 2. The van der Waals surface area contributed by atoms with E-state index in [1.165, 1.54) is 22.5 Å². The summed E-state index contributed by atoms with van der Waals surface area (Å²) in [5.41, 5.74) is 0.253. The fraction of sp³-hybridized carbons (Fsp3) is 0.462. The van der Waals surface area contributed by atoms with Crippen molar-refractivity contribution in [3.63, 3.8) is 0 Å². The summed E-state index contributed by atoms with van der Waals surface area (Å²) in [7, 11) is -3.25. The van der Waals surface area contributed by atoms with Gasteiger partial charge >= 0.3 is 0 Å². The molecule has 2 rings (SSSR count). The maximum atomic E-state index is 13.3. The lowest BCUT2D eigenvalue weighted by Gasteiger charge is -2.21. The fourth-order valence-electron chi connectivity index (χ4n) is 2.26. The summed E-state index contributed by atoms with van der Waals surface area (Å²) in [6.07, 6.45) is 1.72. The predicted octanol–water partition coefficient (Wildman–Crippen LogP) is 1.70. The van der Waals surface area contributed by atoms with E-state index >= 15 is 0 Å². The number of hydrogen-bond donors (Lipinski definition) is 0. The SMILES string of the molecule is CS(=O)(=O)N1CCCN(C(=O)c2cc(F)ccc2Br)CC1. The average Bonchev–Trinajstić information content (AvgIpc) is 2.66. The van der Waals surface area contributed by atoms with Crippen molar-refractivity contribution in [3.8, 4) is 0 Å². The molecule has 1 saturated heterocycles. The smallest absolute Gasteiger partial charge is 0.255 e. The van der Waals surface area contributed by atoms with E-state index in [0.29, 0.717) is 30.5 Å². The molecule has 0 N–H and O–H groups in total.